The maximum Gasteiger partial charge on any atom is 0.320 e. The second-order valence-electron chi connectivity index (χ2n) is 6.81. The Balaban J connectivity index is 2.00. The van der Waals surface area contributed by atoms with Crippen molar-refractivity contribution in [1.82, 2.24) is 0 Å². The van der Waals surface area contributed by atoms with Crippen LogP contribution in [0.5, 0.6) is 0 Å². The van der Waals surface area contributed by atoms with Crippen LogP contribution in [-0.2, 0) is 31.8 Å². The van der Waals surface area contributed by atoms with E-state index in [1.54, 1.807) is 7.11 Å². The Morgan fingerprint density at radius 3 is 2.40 bits per heavy atom. The van der Waals surface area contributed by atoms with Crippen LogP contribution in [-0.4, -0.2) is 44.5 Å². The zero-order valence-electron chi connectivity index (χ0n) is 15.6. The molecule has 0 aromatic heterocycles. The number of hydrogen-bond acceptors (Lipinski definition) is 5. The number of esters is 1. The van der Waals surface area contributed by atoms with Crippen LogP contribution in [0.4, 0.5) is 0 Å². The minimum atomic E-state index is -0.418. The van der Waals surface area contributed by atoms with Crippen molar-refractivity contribution in [3.8, 4) is 0 Å². The van der Waals surface area contributed by atoms with Crippen LogP contribution in [0.1, 0.15) is 37.8 Å². The lowest BCUT2D eigenvalue weighted by molar-refractivity contribution is -0.198. The Labute approximate surface area is 150 Å². The quantitative estimate of drug-likeness (QED) is 0.730. The van der Waals surface area contributed by atoms with Gasteiger partial charge in [0.25, 0.3) is 0 Å². The molecule has 4 atom stereocenters. The van der Waals surface area contributed by atoms with E-state index in [-0.39, 0.29) is 24.7 Å². The number of rotatable bonds is 8. The summed E-state index contributed by atoms with van der Waals surface area (Å²) in [7, 11) is 1.65. The molecule has 2 rings (SSSR count). The molecule has 25 heavy (non-hydrogen) atoms. The predicted molar refractivity (Wildman–Crippen MR) is 97.4 cm³/mol. The molecule has 1 heterocycles. The monoisotopic (exact) mass is 349 g/mol. The summed E-state index contributed by atoms with van der Waals surface area (Å²) in [6, 6.07) is 8.72. The van der Waals surface area contributed by atoms with Crippen LogP contribution >= 0.6 is 0 Å². The highest BCUT2D eigenvalue weighted by Crippen LogP contribution is 2.28. The van der Waals surface area contributed by atoms with Gasteiger partial charge in [0.1, 0.15) is 6.10 Å². The van der Waals surface area contributed by atoms with Crippen molar-refractivity contribution in [3.05, 3.63) is 35.4 Å². The van der Waals surface area contributed by atoms with E-state index in [1.165, 1.54) is 11.1 Å². The smallest absolute Gasteiger partial charge is 0.320 e. The van der Waals surface area contributed by atoms with Crippen molar-refractivity contribution in [3.63, 3.8) is 0 Å². The lowest BCUT2D eigenvalue weighted by atomic mass is 9.90. The molecular weight excluding hydrogens is 318 g/mol. The number of carbonyl (C=O) groups is 1. The maximum absolute atomic E-state index is 11.7. The van der Waals surface area contributed by atoms with Gasteiger partial charge in [-0.3, -0.25) is 4.79 Å². The second kappa shape index (κ2) is 9.90. The van der Waals surface area contributed by atoms with Crippen molar-refractivity contribution < 1.29 is 19.0 Å². The fourth-order valence-electron chi connectivity index (χ4n) is 3.43. The van der Waals surface area contributed by atoms with E-state index in [0.29, 0.717) is 6.61 Å². The number of nitrogens with two attached hydrogens (primary N) is 1. The highest BCUT2D eigenvalue weighted by Gasteiger charge is 2.41. The van der Waals surface area contributed by atoms with Crippen molar-refractivity contribution in [2.24, 2.45) is 11.7 Å². The molecule has 0 aliphatic carbocycles. The summed E-state index contributed by atoms with van der Waals surface area (Å²) in [6.07, 6.45) is 3.16. The summed E-state index contributed by atoms with van der Waals surface area (Å²) in [4.78, 5) is 11.7. The SMILES string of the molecule is CCCc1ccc(CC[C@@H]2OC[C@@H](C)[C@H](OC)[C@@H]2OC(=O)CN)cc1. The molecular formula is C20H31NO4. The third kappa shape index (κ3) is 5.53. The maximum atomic E-state index is 11.7. The lowest BCUT2D eigenvalue weighted by Crippen LogP contribution is -2.52. The first-order chi connectivity index (χ1) is 12.1. The van der Waals surface area contributed by atoms with E-state index in [1.807, 2.05) is 6.92 Å². The number of ether oxygens (including phenoxy) is 3. The molecule has 1 saturated heterocycles. The van der Waals surface area contributed by atoms with E-state index in [2.05, 4.69) is 31.2 Å². The average Bonchev–Trinajstić information content (AvgIpc) is 2.62. The van der Waals surface area contributed by atoms with Crippen LogP contribution in [0.3, 0.4) is 0 Å². The first-order valence-electron chi connectivity index (χ1n) is 9.20. The fraction of sp³-hybridized carbons (Fsp3) is 0.650. The molecule has 5 heteroatoms. The van der Waals surface area contributed by atoms with Crippen molar-refractivity contribution in [2.75, 3.05) is 20.3 Å². The highest BCUT2D eigenvalue weighted by molar-refractivity contribution is 5.71. The largest absolute Gasteiger partial charge is 0.456 e. The number of aryl methyl sites for hydroxylation is 2. The molecule has 5 nitrogen and oxygen atoms in total. The molecule has 0 spiro atoms. The van der Waals surface area contributed by atoms with Gasteiger partial charge in [-0.1, -0.05) is 44.5 Å². The van der Waals surface area contributed by atoms with Crippen LogP contribution in [0.25, 0.3) is 0 Å². The molecule has 0 radical (unpaired) electrons. The lowest BCUT2D eigenvalue weighted by Gasteiger charge is -2.40. The first-order valence-corrected chi connectivity index (χ1v) is 9.20. The Morgan fingerprint density at radius 2 is 1.84 bits per heavy atom. The Hall–Kier alpha value is -1.43. The normalized spacial score (nSPS) is 26.4. The molecule has 0 unspecified atom stereocenters. The van der Waals surface area contributed by atoms with Crippen molar-refractivity contribution in [1.29, 1.82) is 0 Å². The Bertz CT molecular complexity index is 531. The second-order valence-corrected chi connectivity index (χ2v) is 6.81. The summed E-state index contributed by atoms with van der Waals surface area (Å²) >= 11 is 0. The van der Waals surface area contributed by atoms with Gasteiger partial charge in [-0.25, -0.2) is 0 Å². The fourth-order valence-corrected chi connectivity index (χ4v) is 3.43. The molecule has 1 aromatic carbocycles. The molecule has 1 aromatic rings. The molecule has 1 aliphatic rings. The average molecular weight is 349 g/mol. The molecule has 2 N–H and O–H groups in total. The highest BCUT2D eigenvalue weighted by atomic mass is 16.6. The zero-order chi connectivity index (χ0) is 18.2. The molecule has 0 amide bonds. The van der Waals surface area contributed by atoms with E-state index in [9.17, 15) is 4.79 Å². The van der Waals surface area contributed by atoms with E-state index in [4.69, 9.17) is 19.9 Å². The summed E-state index contributed by atoms with van der Waals surface area (Å²) in [6.45, 7) is 4.70. The first kappa shape index (κ1) is 19.9. The third-order valence-electron chi connectivity index (χ3n) is 4.81. The molecule has 0 bridgehead atoms. The summed E-state index contributed by atoms with van der Waals surface area (Å²) < 4.78 is 17.1. The van der Waals surface area contributed by atoms with Crippen LogP contribution in [0.15, 0.2) is 24.3 Å². The topological polar surface area (TPSA) is 70.8 Å². The Morgan fingerprint density at radius 1 is 1.20 bits per heavy atom. The summed E-state index contributed by atoms with van der Waals surface area (Å²) in [5, 5.41) is 0. The van der Waals surface area contributed by atoms with Gasteiger partial charge in [0.2, 0.25) is 0 Å². The Kier molecular flexibility index (Phi) is 7.88. The van der Waals surface area contributed by atoms with E-state index < -0.39 is 12.1 Å². The predicted octanol–water partition coefficient (Wildman–Crippen LogP) is 2.49. The third-order valence-corrected chi connectivity index (χ3v) is 4.81. The zero-order valence-corrected chi connectivity index (χ0v) is 15.6. The van der Waals surface area contributed by atoms with Crippen LogP contribution < -0.4 is 5.73 Å². The van der Waals surface area contributed by atoms with Gasteiger partial charge in [-0.2, -0.15) is 0 Å². The summed E-state index contributed by atoms with van der Waals surface area (Å²) in [5.41, 5.74) is 8.03. The van der Waals surface area contributed by atoms with Gasteiger partial charge < -0.3 is 19.9 Å². The van der Waals surface area contributed by atoms with Gasteiger partial charge in [0.15, 0.2) is 6.10 Å². The molecule has 0 saturated carbocycles. The minimum Gasteiger partial charge on any atom is -0.456 e. The van der Waals surface area contributed by atoms with Gasteiger partial charge in [-0.05, 0) is 30.4 Å². The number of hydrogen-bond donors (Lipinski definition) is 1. The van der Waals surface area contributed by atoms with Crippen molar-refractivity contribution >= 4 is 5.97 Å². The summed E-state index contributed by atoms with van der Waals surface area (Å²) in [5.74, 6) is -0.246. The van der Waals surface area contributed by atoms with E-state index in [0.717, 1.165) is 25.7 Å². The number of methoxy groups -OCH3 is 1. The van der Waals surface area contributed by atoms with Gasteiger partial charge in [0, 0.05) is 13.0 Å². The molecule has 1 fully saturated rings. The number of carbonyl (C=O) groups excluding carboxylic acids is 1. The minimum absolute atomic E-state index is 0.132. The number of benzene rings is 1. The van der Waals surface area contributed by atoms with E-state index >= 15 is 0 Å². The van der Waals surface area contributed by atoms with Crippen LogP contribution in [0, 0.1) is 5.92 Å². The molecule has 140 valence electrons. The standard InChI is InChI=1S/C20H31NO4/c1-4-5-15-6-8-16(9-7-15)10-11-17-20(25-18(22)12-21)19(23-3)14(2)13-24-17/h6-9,14,17,19-20H,4-5,10-13,21H2,1-3H3/t14-,17+,19+,20-/m1/s1. The van der Waals surface area contributed by atoms with Gasteiger partial charge in [0.05, 0.1) is 19.3 Å². The van der Waals surface area contributed by atoms with Crippen molar-refractivity contribution in [2.45, 2.75) is 57.8 Å². The molecule has 1 aliphatic heterocycles. The van der Waals surface area contributed by atoms with Gasteiger partial charge >= 0.3 is 5.97 Å². The van der Waals surface area contributed by atoms with Gasteiger partial charge in [-0.15, -0.1) is 0 Å². The van der Waals surface area contributed by atoms with Crippen LogP contribution in [0.2, 0.25) is 0 Å².